The molecule has 0 spiro atoms. The van der Waals surface area contributed by atoms with Crippen molar-refractivity contribution in [2.75, 3.05) is 6.54 Å². The maximum absolute atomic E-state index is 13.7. The van der Waals surface area contributed by atoms with Gasteiger partial charge in [-0.25, -0.2) is 9.80 Å². The summed E-state index contributed by atoms with van der Waals surface area (Å²) in [4.78, 5) is 66.6. The standard InChI is InChI=1S/C31H25BrCl2N2O6/c1-17-2-12-23-24(14-17)30(40)36(29(23)39)35(28(38)20-7-13-25(33)26(34)15-20)16-27(37)18-5-10-22(11-6-18)42-31(41)19-3-8-21(32)9-4-19/h3-11,13,15,17,23-24H,2,12,14,16H2,1H3/t17-,23-,24-/m1/s1. The lowest BCUT2D eigenvalue weighted by molar-refractivity contribution is -0.154. The summed E-state index contributed by atoms with van der Waals surface area (Å²) in [5.74, 6) is -3.42. The minimum atomic E-state index is -0.740. The molecule has 3 atom stereocenters. The molecule has 1 saturated carbocycles. The van der Waals surface area contributed by atoms with Gasteiger partial charge in [0.25, 0.3) is 17.7 Å². The molecule has 0 N–H and O–H groups in total. The number of hydrazine groups is 1. The smallest absolute Gasteiger partial charge is 0.343 e. The van der Waals surface area contributed by atoms with Crippen LogP contribution in [0.5, 0.6) is 5.75 Å². The van der Waals surface area contributed by atoms with Gasteiger partial charge >= 0.3 is 5.97 Å². The number of nitrogens with zero attached hydrogens (tertiary/aromatic N) is 2. The van der Waals surface area contributed by atoms with E-state index < -0.39 is 47.9 Å². The maximum Gasteiger partial charge on any atom is 0.343 e. The third-order valence-corrected chi connectivity index (χ3v) is 8.83. The van der Waals surface area contributed by atoms with E-state index in [1.165, 1.54) is 42.5 Å². The van der Waals surface area contributed by atoms with Gasteiger partial charge in [0.15, 0.2) is 5.78 Å². The van der Waals surface area contributed by atoms with Gasteiger partial charge in [-0.3, -0.25) is 19.2 Å². The second-order valence-corrected chi connectivity index (χ2v) is 12.2. The SMILES string of the molecule is C[C@@H]1CC[C@H]2C(=O)N(N(CC(=O)c3ccc(OC(=O)c4ccc(Br)cc4)cc3)C(=O)c3ccc(Cl)c(Cl)c3)C(=O)[C@@H]2C1. The van der Waals surface area contributed by atoms with Crippen LogP contribution in [0.15, 0.2) is 71.2 Å². The molecule has 1 aliphatic heterocycles. The Morgan fingerprint density at radius 3 is 2.14 bits per heavy atom. The lowest BCUT2D eigenvalue weighted by Crippen LogP contribution is -2.52. The highest BCUT2D eigenvalue weighted by atomic mass is 79.9. The first-order valence-electron chi connectivity index (χ1n) is 13.3. The first-order chi connectivity index (χ1) is 20.0. The van der Waals surface area contributed by atoms with Gasteiger partial charge in [-0.1, -0.05) is 46.1 Å². The van der Waals surface area contributed by atoms with Crippen molar-refractivity contribution in [2.45, 2.75) is 26.2 Å². The number of benzene rings is 3. The van der Waals surface area contributed by atoms with Crippen LogP contribution in [0.3, 0.4) is 0 Å². The molecule has 3 aromatic rings. The van der Waals surface area contributed by atoms with E-state index in [1.807, 2.05) is 6.92 Å². The van der Waals surface area contributed by atoms with Gasteiger partial charge in [0.2, 0.25) is 0 Å². The van der Waals surface area contributed by atoms with Gasteiger partial charge in [0, 0.05) is 15.6 Å². The molecule has 1 aliphatic carbocycles. The molecule has 8 nitrogen and oxygen atoms in total. The van der Waals surface area contributed by atoms with E-state index in [1.54, 1.807) is 24.3 Å². The van der Waals surface area contributed by atoms with E-state index in [4.69, 9.17) is 27.9 Å². The molecule has 0 aromatic heterocycles. The normalized spacial score (nSPS) is 19.8. The third kappa shape index (κ3) is 6.14. The molecular weight excluding hydrogens is 647 g/mol. The molecule has 0 radical (unpaired) electrons. The summed E-state index contributed by atoms with van der Waals surface area (Å²) in [7, 11) is 0. The molecule has 42 heavy (non-hydrogen) atoms. The Morgan fingerprint density at radius 2 is 1.48 bits per heavy atom. The lowest BCUT2D eigenvalue weighted by Gasteiger charge is -2.30. The summed E-state index contributed by atoms with van der Waals surface area (Å²) in [6.45, 7) is 1.45. The lowest BCUT2D eigenvalue weighted by atomic mass is 9.76. The zero-order chi connectivity index (χ0) is 30.1. The van der Waals surface area contributed by atoms with Crippen molar-refractivity contribution in [1.82, 2.24) is 10.0 Å². The minimum Gasteiger partial charge on any atom is -0.423 e. The van der Waals surface area contributed by atoms with Gasteiger partial charge in [-0.15, -0.1) is 0 Å². The number of amides is 3. The first-order valence-corrected chi connectivity index (χ1v) is 14.8. The van der Waals surface area contributed by atoms with Gasteiger partial charge < -0.3 is 4.74 Å². The van der Waals surface area contributed by atoms with Crippen LogP contribution in [-0.4, -0.2) is 46.0 Å². The molecule has 3 aromatic carbocycles. The number of hydrogen-bond acceptors (Lipinski definition) is 6. The van der Waals surface area contributed by atoms with Crippen molar-refractivity contribution in [3.8, 4) is 5.75 Å². The van der Waals surface area contributed by atoms with Gasteiger partial charge in [0.05, 0.1) is 27.4 Å². The molecule has 1 saturated heterocycles. The number of ether oxygens (including phenoxy) is 1. The molecule has 0 bridgehead atoms. The predicted molar refractivity (Wildman–Crippen MR) is 159 cm³/mol. The molecule has 3 amide bonds. The van der Waals surface area contributed by atoms with Crippen molar-refractivity contribution in [1.29, 1.82) is 0 Å². The van der Waals surface area contributed by atoms with Gasteiger partial charge in [-0.05, 0) is 91.9 Å². The molecular formula is C31H25BrCl2N2O6. The van der Waals surface area contributed by atoms with Crippen molar-refractivity contribution in [2.24, 2.45) is 17.8 Å². The van der Waals surface area contributed by atoms with Crippen LogP contribution in [0.2, 0.25) is 10.0 Å². The highest BCUT2D eigenvalue weighted by Crippen LogP contribution is 2.41. The summed E-state index contributed by atoms with van der Waals surface area (Å²) in [5.41, 5.74) is 0.608. The second kappa shape index (κ2) is 12.4. The van der Waals surface area contributed by atoms with Crippen LogP contribution >= 0.6 is 39.1 Å². The van der Waals surface area contributed by atoms with Crippen molar-refractivity contribution < 1.29 is 28.7 Å². The van der Waals surface area contributed by atoms with Gasteiger partial charge in [0.1, 0.15) is 12.3 Å². The summed E-state index contributed by atoms with van der Waals surface area (Å²) in [6, 6.07) is 16.6. The predicted octanol–water partition coefficient (Wildman–Crippen LogP) is 6.64. The number of Topliss-reactive ketones (excluding diaryl/α,β-unsaturated/α-hetero) is 1. The summed E-state index contributed by atoms with van der Waals surface area (Å²) in [6.07, 6.45) is 1.87. The van der Waals surface area contributed by atoms with E-state index in [-0.39, 0.29) is 32.8 Å². The van der Waals surface area contributed by atoms with Crippen LogP contribution in [0.25, 0.3) is 0 Å². The van der Waals surface area contributed by atoms with E-state index in [0.717, 1.165) is 20.9 Å². The number of imide groups is 1. The number of ketones is 1. The molecule has 11 heteroatoms. The fraction of sp³-hybridized carbons (Fsp3) is 0.258. The second-order valence-electron chi connectivity index (χ2n) is 10.5. The highest BCUT2D eigenvalue weighted by Gasteiger charge is 2.52. The number of fused-ring (bicyclic) bond motifs is 1. The zero-order valence-corrected chi connectivity index (χ0v) is 25.5. The number of rotatable bonds is 7. The Balaban J connectivity index is 1.38. The van der Waals surface area contributed by atoms with E-state index >= 15 is 0 Å². The summed E-state index contributed by atoms with van der Waals surface area (Å²) >= 11 is 15.5. The molecule has 1 heterocycles. The molecule has 216 valence electrons. The first kappa shape index (κ1) is 29.9. The molecule has 5 rings (SSSR count). The van der Waals surface area contributed by atoms with Gasteiger partial charge in [-0.2, -0.15) is 5.01 Å². The Kier molecular flexibility index (Phi) is 8.82. The van der Waals surface area contributed by atoms with Crippen molar-refractivity contribution >= 4 is 68.6 Å². The van der Waals surface area contributed by atoms with Crippen LogP contribution < -0.4 is 4.74 Å². The molecule has 0 unspecified atom stereocenters. The molecule has 2 aliphatic rings. The van der Waals surface area contributed by atoms with Crippen LogP contribution in [0.4, 0.5) is 0 Å². The van der Waals surface area contributed by atoms with E-state index in [0.29, 0.717) is 18.4 Å². The van der Waals surface area contributed by atoms with Crippen LogP contribution in [-0.2, 0) is 9.59 Å². The number of carbonyl (C=O) groups is 5. The topological polar surface area (TPSA) is 101 Å². The average Bonchev–Trinajstić information content (AvgIpc) is 3.21. The number of esters is 1. The fourth-order valence-electron chi connectivity index (χ4n) is 5.31. The van der Waals surface area contributed by atoms with Crippen LogP contribution in [0.1, 0.15) is 57.3 Å². The summed E-state index contributed by atoms with van der Waals surface area (Å²) < 4.78 is 6.21. The maximum atomic E-state index is 13.7. The van der Waals surface area contributed by atoms with Crippen LogP contribution in [0, 0.1) is 17.8 Å². The van der Waals surface area contributed by atoms with E-state index in [2.05, 4.69) is 15.9 Å². The number of halogens is 3. The third-order valence-electron chi connectivity index (χ3n) is 7.57. The van der Waals surface area contributed by atoms with Crippen molar-refractivity contribution in [3.63, 3.8) is 0 Å². The van der Waals surface area contributed by atoms with E-state index in [9.17, 15) is 24.0 Å². The Hall–Kier alpha value is -3.53. The average molecular weight is 672 g/mol. The Morgan fingerprint density at radius 1 is 0.857 bits per heavy atom. The zero-order valence-electron chi connectivity index (χ0n) is 22.4. The van der Waals surface area contributed by atoms with Crippen molar-refractivity contribution in [3.05, 3.63) is 97.9 Å². The quantitative estimate of drug-likeness (QED) is 0.121. The Labute approximate surface area is 260 Å². The number of hydrogen-bond donors (Lipinski definition) is 0. The minimum absolute atomic E-state index is 0.0660. The highest BCUT2D eigenvalue weighted by molar-refractivity contribution is 9.10. The molecule has 2 fully saturated rings. The monoisotopic (exact) mass is 670 g/mol. The largest absolute Gasteiger partial charge is 0.423 e. The number of carbonyl (C=O) groups excluding carboxylic acids is 5. The summed E-state index contributed by atoms with van der Waals surface area (Å²) in [5, 5.41) is 2.08. The fourth-order valence-corrected chi connectivity index (χ4v) is 5.87. The Bertz CT molecular complexity index is 1580.